The highest BCUT2D eigenvalue weighted by Gasteiger charge is 2.17. The molecule has 0 bridgehead atoms. The van der Waals surface area contributed by atoms with Crippen LogP contribution >= 0.6 is 12.4 Å². The van der Waals surface area contributed by atoms with Gasteiger partial charge in [-0.3, -0.25) is 4.79 Å². The number of hydrogen-bond acceptors (Lipinski definition) is 2. The van der Waals surface area contributed by atoms with Gasteiger partial charge in [-0.2, -0.15) is 0 Å². The van der Waals surface area contributed by atoms with Crippen LogP contribution in [-0.4, -0.2) is 12.5 Å². The first-order chi connectivity index (χ1) is 8.58. The second-order valence-corrected chi connectivity index (χ2v) is 4.11. The predicted molar refractivity (Wildman–Crippen MR) is 73.1 cm³/mol. The quantitative estimate of drug-likeness (QED) is 0.847. The molecular formula is C13H19ClF2N2O. The van der Waals surface area contributed by atoms with E-state index < -0.39 is 17.7 Å². The molecule has 3 N–H and O–H groups in total. The Morgan fingerprint density at radius 2 is 2.11 bits per heavy atom. The van der Waals surface area contributed by atoms with E-state index >= 15 is 0 Å². The van der Waals surface area contributed by atoms with Crippen molar-refractivity contribution >= 4 is 18.3 Å². The Hall–Kier alpha value is -1.20. The minimum atomic E-state index is -0.638. The summed E-state index contributed by atoms with van der Waals surface area (Å²) < 4.78 is 26.5. The number of nitrogens with two attached hydrogens (primary N) is 1. The van der Waals surface area contributed by atoms with E-state index in [0.29, 0.717) is 12.0 Å². The maximum atomic E-state index is 13.6. The zero-order valence-corrected chi connectivity index (χ0v) is 11.6. The number of rotatable bonds is 6. The van der Waals surface area contributed by atoms with Crippen molar-refractivity contribution in [3.8, 4) is 0 Å². The fraction of sp³-hybridized carbons (Fsp3) is 0.462. The summed E-state index contributed by atoms with van der Waals surface area (Å²) in [5, 5.41) is 2.71. The third-order valence-corrected chi connectivity index (χ3v) is 2.62. The van der Waals surface area contributed by atoms with Gasteiger partial charge in [0, 0.05) is 24.6 Å². The van der Waals surface area contributed by atoms with Gasteiger partial charge in [-0.1, -0.05) is 19.4 Å². The lowest BCUT2D eigenvalue weighted by molar-refractivity contribution is -0.121. The van der Waals surface area contributed by atoms with E-state index in [4.69, 9.17) is 5.73 Å². The van der Waals surface area contributed by atoms with Crippen molar-refractivity contribution in [2.45, 2.75) is 32.2 Å². The average molecular weight is 293 g/mol. The summed E-state index contributed by atoms with van der Waals surface area (Å²) in [4.78, 5) is 11.5. The smallest absolute Gasteiger partial charge is 0.221 e. The minimum absolute atomic E-state index is 0. The van der Waals surface area contributed by atoms with E-state index in [1.807, 2.05) is 6.92 Å². The van der Waals surface area contributed by atoms with Gasteiger partial charge in [-0.15, -0.1) is 12.4 Å². The van der Waals surface area contributed by atoms with Gasteiger partial charge in [0.25, 0.3) is 0 Å². The molecule has 1 rings (SSSR count). The molecule has 0 spiro atoms. The zero-order chi connectivity index (χ0) is 13.5. The van der Waals surface area contributed by atoms with E-state index in [1.165, 1.54) is 12.1 Å². The van der Waals surface area contributed by atoms with Crippen LogP contribution in [-0.2, 0) is 4.79 Å². The number of hydrogen-bond donors (Lipinski definition) is 2. The van der Waals surface area contributed by atoms with E-state index in [2.05, 4.69) is 5.32 Å². The van der Waals surface area contributed by atoms with Crippen LogP contribution in [0.15, 0.2) is 18.2 Å². The normalized spacial score (nSPS) is 11.6. The van der Waals surface area contributed by atoms with Gasteiger partial charge in [0.2, 0.25) is 5.91 Å². The summed E-state index contributed by atoms with van der Waals surface area (Å²) >= 11 is 0. The monoisotopic (exact) mass is 292 g/mol. The summed E-state index contributed by atoms with van der Waals surface area (Å²) in [6.07, 6.45) is 1.58. The molecule has 0 aliphatic heterocycles. The maximum Gasteiger partial charge on any atom is 0.221 e. The second kappa shape index (κ2) is 8.82. The summed E-state index contributed by atoms with van der Waals surface area (Å²) in [5.41, 5.74) is 5.59. The van der Waals surface area contributed by atoms with Crippen LogP contribution in [0.4, 0.5) is 8.78 Å². The molecule has 0 fully saturated rings. The first-order valence-corrected chi connectivity index (χ1v) is 6.02. The van der Waals surface area contributed by atoms with E-state index in [9.17, 15) is 13.6 Å². The molecule has 0 heterocycles. The molecular weight excluding hydrogens is 274 g/mol. The molecule has 0 saturated carbocycles. The van der Waals surface area contributed by atoms with E-state index in [-0.39, 0.29) is 31.3 Å². The van der Waals surface area contributed by atoms with Gasteiger partial charge in [-0.05, 0) is 12.5 Å². The molecule has 0 aromatic heterocycles. The first-order valence-electron chi connectivity index (χ1n) is 6.02. The molecule has 0 radical (unpaired) electrons. The lowest BCUT2D eigenvalue weighted by Crippen LogP contribution is -2.30. The van der Waals surface area contributed by atoms with Crippen molar-refractivity contribution in [2.24, 2.45) is 5.73 Å². The van der Waals surface area contributed by atoms with Gasteiger partial charge < -0.3 is 11.1 Å². The fourth-order valence-electron chi connectivity index (χ4n) is 1.78. The second-order valence-electron chi connectivity index (χ2n) is 4.11. The van der Waals surface area contributed by atoms with Gasteiger partial charge in [0.1, 0.15) is 11.6 Å². The Morgan fingerprint density at radius 3 is 2.63 bits per heavy atom. The van der Waals surface area contributed by atoms with Gasteiger partial charge >= 0.3 is 0 Å². The lowest BCUT2D eigenvalue weighted by atomic mass is 10.0. The van der Waals surface area contributed by atoms with Crippen LogP contribution in [0.5, 0.6) is 0 Å². The van der Waals surface area contributed by atoms with Crippen molar-refractivity contribution in [1.29, 1.82) is 0 Å². The van der Waals surface area contributed by atoms with Crippen LogP contribution in [0.25, 0.3) is 0 Å². The minimum Gasteiger partial charge on any atom is -0.349 e. The Bertz CT molecular complexity index is 416. The van der Waals surface area contributed by atoms with E-state index in [1.54, 1.807) is 0 Å². The summed E-state index contributed by atoms with van der Waals surface area (Å²) in [6.45, 7) is 2.18. The third kappa shape index (κ3) is 5.53. The van der Waals surface area contributed by atoms with Crippen LogP contribution in [0.2, 0.25) is 0 Å². The average Bonchev–Trinajstić information content (AvgIpc) is 2.29. The summed E-state index contributed by atoms with van der Waals surface area (Å²) in [7, 11) is 0. The predicted octanol–water partition coefficient (Wildman–Crippen LogP) is 2.69. The third-order valence-electron chi connectivity index (χ3n) is 2.62. The number of benzene rings is 1. The standard InChI is InChI=1S/C13H18F2N2O.ClH/c1-2-3-12(17-13(18)6-7-16)10-5-4-9(14)8-11(10)15;/h4-5,8,12H,2-3,6-7,16H2,1H3,(H,17,18);1H. The van der Waals surface area contributed by atoms with Crippen LogP contribution in [0.1, 0.15) is 37.8 Å². The molecule has 1 atom stereocenters. The summed E-state index contributed by atoms with van der Waals surface area (Å²) in [6, 6.07) is 2.95. The first kappa shape index (κ1) is 17.8. The fourth-order valence-corrected chi connectivity index (χ4v) is 1.78. The number of nitrogens with one attached hydrogen (secondary N) is 1. The molecule has 1 aromatic rings. The molecule has 108 valence electrons. The molecule has 19 heavy (non-hydrogen) atoms. The molecule has 1 unspecified atom stereocenters. The Balaban J connectivity index is 0.00000324. The highest BCUT2D eigenvalue weighted by Crippen LogP contribution is 2.22. The van der Waals surface area contributed by atoms with Gasteiger partial charge in [0.15, 0.2) is 0 Å². The molecule has 1 aromatic carbocycles. The Kier molecular flexibility index (Phi) is 8.27. The highest BCUT2D eigenvalue weighted by molar-refractivity contribution is 5.85. The van der Waals surface area contributed by atoms with Gasteiger partial charge in [0.05, 0.1) is 6.04 Å². The van der Waals surface area contributed by atoms with Crippen LogP contribution < -0.4 is 11.1 Å². The molecule has 0 aliphatic carbocycles. The van der Waals surface area contributed by atoms with Gasteiger partial charge in [-0.25, -0.2) is 8.78 Å². The largest absolute Gasteiger partial charge is 0.349 e. The van der Waals surface area contributed by atoms with Crippen LogP contribution in [0.3, 0.4) is 0 Å². The number of amides is 1. The lowest BCUT2D eigenvalue weighted by Gasteiger charge is -2.19. The highest BCUT2D eigenvalue weighted by atomic mass is 35.5. The van der Waals surface area contributed by atoms with Crippen molar-refractivity contribution in [3.05, 3.63) is 35.4 Å². The van der Waals surface area contributed by atoms with Crippen LogP contribution in [0, 0.1) is 11.6 Å². The SMILES string of the molecule is CCCC(NC(=O)CCN)c1ccc(F)cc1F.Cl. The van der Waals surface area contributed by atoms with Crippen molar-refractivity contribution in [1.82, 2.24) is 5.32 Å². The number of halogens is 3. The van der Waals surface area contributed by atoms with Crippen molar-refractivity contribution < 1.29 is 13.6 Å². The topological polar surface area (TPSA) is 55.1 Å². The Labute approximate surface area is 118 Å². The Morgan fingerprint density at radius 1 is 1.42 bits per heavy atom. The maximum absolute atomic E-state index is 13.6. The number of carbonyl (C=O) groups is 1. The van der Waals surface area contributed by atoms with Crippen molar-refractivity contribution in [3.63, 3.8) is 0 Å². The molecule has 1 amide bonds. The molecule has 0 saturated heterocycles. The molecule has 3 nitrogen and oxygen atoms in total. The summed E-state index contributed by atoms with van der Waals surface area (Å²) in [5.74, 6) is -1.49. The van der Waals surface area contributed by atoms with E-state index in [0.717, 1.165) is 12.5 Å². The molecule has 0 aliphatic rings. The molecule has 6 heteroatoms. The van der Waals surface area contributed by atoms with Crippen molar-refractivity contribution in [2.75, 3.05) is 6.54 Å². The number of carbonyl (C=O) groups excluding carboxylic acids is 1. The zero-order valence-electron chi connectivity index (χ0n) is 10.8.